The second-order valence-electron chi connectivity index (χ2n) is 5.63. The summed E-state index contributed by atoms with van der Waals surface area (Å²) in [5.41, 5.74) is 2.49. The molecule has 126 valence electrons. The van der Waals surface area contributed by atoms with E-state index in [-0.39, 0.29) is 17.3 Å². The molecule has 7 heteroatoms. The van der Waals surface area contributed by atoms with Gasteiger partial charge in [0.15, 0.2) is 5.70 Å². The van der Waals surface area contributed by atoms with Gasteiger partial charge in [0, 0.05) is 37.5 Å². The average Bonchev–Trinajstić information content (AvgIpc) is 2.96. The van der Waals surface area contributed by atoms with Crippen LogP contribution in [0.15, 0.2) is 59.2 Å². The van der Waals surface area contributed by atoms with Crippen molar-refractivity contribution in [3.63, 3.8) is 0 Å². The van der Waals surface area contributed by atoms with Crippen LogP contribution < -0.4 is 4.90 Å². The van der Waals surface area contributed by atoms with E-state index in [9.17, 15) is 14.9 Å². The number of nitrogens with zero attached hydrogens (tertiary/aromatic N) is 3. The molecule has 7 nitrogen and oxygen atoms in total. The highest BCUT2D eigenvalue weighted by atomic mass is 16.6. The molecule has 3 rings (SSSR count). The minimum Gasteiger partial charge on any atom is -0.402 e. The molecule has 0 amide bonds. The first-order valence-corrected chi connectivity index (χ1v) is 7.49. The monoisotopic (exact) mass is 337 g/mol. The fraction of sp³-hybridized carbons (Fsp3) is 0.111. The van der Waals surface area contributed by atoms with Crippen molar-refractivity contribution in [2.24, 2.45) is 4.99 Å². The van der Waals surface area contributed by atoms with Crippen LogP contribution in [0.2, 0.25) is 0 Å². The van der Waals surface area contributed by atoms with Crippen molar-refractivity contribution >= 4 is 29.3 Å². The molecule has 1 aliphatic rings. The smallest absolute Gasteiger partial charge is 0.363 e. The molecule has 1 aliphatic heterocycles. The van der Waals surface area contributed by atoms with Crippen molar-refractivity contribution < 1.29 is 14.5 Å². The predicted molar refractivity (Wildman–Crippen MR) is 94.5 cm³/mol. The Morgan fingerprint density at radius 2 is 1.72 bits per heavy atom. The molecule has 0 radical (unpaired) electrons. The number of nitro groups is 1. The highest BCUT2D eigenvalue weighted by molar-refractivity contribution is 6.12. The van der Waals surface area contributed by atoms with E-state index in [1.807, 2.05) is 43.3 Å². The minimum absolute atomic E-state index is 0.0127. The lowest BCUT2D eigenvalue weighted by Crippen LogP contribution is -2.09. The second kappa shape index (κ2) is 6.56. The number of anilines is 1. The first-order chi connectivity index (χ1) is 11.9. The van der Waals surface area contributed by atoms with E-state index in [0.717, 1.165) is 5.69 Å². The number of ether oxygens (including phenoxy) is 1. The van der Waals surface area contributed by atoms with Crippen molar-refractivity contribution in [3.8, 4) is 0 Å². The van der Waals surface area contributed by atoms with Gasteiger partial charge in [-0.1, -0.05) is 0 Å². The number of benzene rings is 2. The molecule has 1 heterocycles. The van der Waals surface area contributed by atoms with Gasteiger partial charge in [-0.2, -0.15) is 0 Å². The number of non-ortho nitro benzene ring substituents is 1. The molecule has 0 fully saturated rings. The molecule has 2 aromatic rings. The number of aliphatic imine (C=N–C) groups is 1. The molecule has 0 unspecified atom stereocenters. The van der Waals surface area contributed by atoms with Crippen molar-refractivity contribution in [3.05, 3.63) is 75.5 Å². The fourth-order valence-corrected chi connectivity index (χ4v) is 2.28. The van der Waals surface area contributed by atoms with Crippen LogP contribution in [0.25, 0.3) is 6.08 Å². The van der Waals surface area contributed by atoms with Gasteiger partial charge in [-0.25, -0.2) is 9.79 Å². The van der Waals surface area contributed by atoms with Gasteiger partial charge in [0.2, 0.25) is 5.90 Å². The molecule has 25 heavy (non-hydrogen) atoms. The topological polar surface area (TPSA) is 85.0 Å². The first kappa shape index (κ1) is 16.4. The Morgan fingerprint density at radius 1 is 1.08 bits per heavy atom. The number of nitro benzene ring substituents is 1. The summed E-state index contributed by atoms with van der Waals surface area (Å²) >= 11 is 0. The summed E-state index contributed by atoms with van der Waals surface area (Å²) in [4.78, 5) is 28.4. The summed E-state index contributed by atoms with van der Waals surface area (Å²) in [5, 5.41) is 10.7. The molecule has 0 saturated heterocycles. The zero-order chi connectivity index (χ0) is 18.0. The quantitative estimate of drug-likeness (QED) is 0.370. The Morgan fingerprint density at radius 3 is 2.28 bits per heavy atom. The second-order valence-corrected chi connectivity index (χ2v) is 5.63. The van der Waals surface area contributed by atoms with Gasteiger partial charge in [-0.15, -0.1) is 0 Å². The molecule has 0 aliphatic carbocycles. The van der Waals surface area contributed by atoms with Crippen LogP contribution in [-0.4, -0.2) is 30.9 Å². The van der Waals surface area contributed by atoms with Crippen LogP contribution >= 0.6 is 0 Å². The van der Waals surface area contributed by atoms with Gasteiger partial charge < -0.3 is 9.64 Å². The maximum absolute atomic E-state index is 12.0. The summed E-state index contributed by atoms with van der Waals surface area (Å²) in [6.07, 6.45) is 1.53. The average molecular weight is 337 g/mol. The van der Waals surface area contributed by atoms with Crippen LogP contribution in [-0.2, 0) is 9.53 Å². The molecule has 2 aromatic carbocycles. The number of esters is 1. The van der Waals surface area contributed by atoms with Crippen LogP contribution in [0.3, 0.4) is 0 Å². The van der Waals surface area contributed by atoms with E-state index in [2.05, 4.69) is 4.99 Å². The number of cyclic esters (lactones) is 1. The maximum atomic E-state index is 12.0. The number of hydrogen-bond acceptors (Lipinski definition) is 6. The van der Waals surface area contributed by atoms with Gasteiger partial charge >= 0.3 is 5.97 Å². The molecule has 0 aromatic heterocycles. The van der Waals surface area contributed by atoms with Crippen molar-refractivity contribution in [1.29, 1.82) is 0 Å². The van der Waals surface area contributed by atoms with Gasteiger partial charge in [-0.05, 0) is 48.0 Å². The standard InChI is InChI=1S/C18H15N3O4/c1-20(2)14-9-5-13(6-10-14)17-19-16(18(22)25-17)11-12-3-7-15(8-4-12)21(23)24/h3-11H,1-2H3/b16-11-. The summed E-state index contributed by atoms with van der Waals surface area (Å²) in [7, 11) is 3.88. The molecule has 0 saturated carbocycles. The fourth-order valence-electron chi connectivity index (χ4n) is 2.28. The number of carbonyl (C=O) groups excluding carboxylic acids is 1. The van der Waals surface area contributed by atoms with Gasteiger partial charge in [-0.3, -0.25) is 10.1 Å². The molecule has 0 atom stereocenters. The zero-order valence-electron chi connectivity index (χ0n) is 13.7. The molecule has 0 N–H and O–H groups in total. The molecular weight excluding hydrogens is 322 g/mol. The van der Waals surface area contributed by atoms with E-state index in [1.165, 1.54) is 18.2 Å². The van der Waals surface area contributed by atoms with Gasteiger partial charge in [0.05, 0.1) is 4.92 Å². The molecule has 0 bridgehead atoms. The SMILES string of the molecule is CN(C)c1ccc(C2=N/C(=C\c3ccc([N+](=O)[O-])cc3)C(=O)O2)cc1. The van der Waals surface area contributed by atoms with Crippen LogP contribution in [0.5, 0.6) is 0 Å². The Labute approximate surface area is 144 Å². The lowest BCUT2D eigenvalue weighted by Gasteiger charge is -2.12. The maximum Gasteiger partial charge on any atom is 0.363 e. The lowest BCUT2D eigenvalue weighted by atomic mass is 10.2. The normalized spacial score (nSPS) is 15.0. The van der Waals surface area contributed by atoms with E-state index in [0.29, 0.717) is 11.1 Å². The predicted octanol–water partition coefficient (Wildman–Crippen LogP) is 3.01. The Balaban J connectivity index is 1.85. The van der Waals surface area contributed by atoms with Crippen molar-refractivity contribution in [1.82, 2.24) is 0 Å². The Hall–Kier alpha value is -3.48. The largest absolute Gasteiger partial charge is 0.402 e. The van der Waals surface area contributed by atoms with Crippen molar-refractivity contribution in [2.75, 3.05) is 19.0 Å². The highest BCUT2D eigenvalue weighted by Gasteiger charge is 2.24. The van der Waals surface area contributed by atoms with Crippen LogP contribution in [0.4, 0.5) is 11.4 Å². The summed E-state index contributed by atoms with van der Waals surface area (Å²) < 4.78 is 5.22. The lowest BCUT2D eigenvalue weighted by molar-refractivity contribution is -0.384. The third kappa shape index (κ3) is 3.55. The number of carbonyl (C=O) groups is 1. The van der Waals surface area contributed by atoms with Crippen LogP contribution in [0.1, 0.15) is 11.1 Å². The Kier molecular flexibility index (Phi) is 4.30. The number of rotatable bonds is 4. The highest BCUT2D eigenvalue weighted by Crippen LogP contribution is 2.21. The summed E-state index contributed by atoms with van der Waals surface area (Å²) in [6.45, 7) is 0. The summed E-state index contributed by atoms with van der Waals surface area (Å²) in [5.74, 6) is -0.312. The zero-order valence-corrected chi connectivity index (χ0v) is 13.7. The van der Waals surface area contributed by atoms with E-state index in [4.69, 9.17) is 4.74 Å². The number of hydrogen-bond donors (Lipinski definition) is 0. The third-order valence-corrected chi connectivity index (χ3v) is 3.66. The van der Waals surface area contributed by atoms with E-state index >= 15 is 0 Å². The van der Waals surface area contributed by atoms with Gasteiger partial charge in [0.1, 0.15) is 0 Å². The molecule has 0 spiro atoms. The minimum atomic E-state index is -0.551. The van der Waals surface area contributed by atoms with Gasteiger partial charge in [0.25, 0.3) is 5.69 Å². The van der Waals surface area contributed by atoms with Crippen molar-refractivity contribution in [2.45, 2.75) is 0 Å². The molecular formula is C18H15N3O4. The van der Waals surface area contributed by atoms with E-state index in [1.54, 1.807) is 12.1 Å². The van der Waals surface area contributed by atoms with Crippen LogP contribution in [0, 0.1) is 10.1 Å². The third-order valence-electron chi connectivity index (χ3n) is 3.66. The first-order valence-electron chi connectivity index (χ1n) is 7.49. The summed E-state index contributed by atoms with van der Waals surface area (Å²) in [6, 6.07) is 13.3. The van der Waals surface area contributed by atoms with E-state index < -0.39 is 10.9 Å². The Bertz CT molecular complexity index is 882.